The number of benzene rings is 3. The summed E-state index contributed by atoms with van der Waals surface area (Å²) in [4.78, 5) is 2.47. The maximum absolute atomic E-state index is 2.47. The van der Waals surface area contributed by atoms with Crippen LogP contribution in [0, 0.1) is 6.92 Å². The van der Waals surface area contributed by atoms with Gasteiger partial charge in [-0.1, -0.05) is 97.1 Å². The Bertz CT molecular complexity index is 749. The molecule has 0 N–H and O–H groups in total. The fourth-order valence-electron chi connectivity index (χ4n) is 2.97. The minimum absolute atomic E-state index is 0.929. The minimum Gasteiger partial charge on any atom is -0.291 e. The van der Waals surface area contributed by atoms with Gasteiger partial charge in [-0.2, -0.15) is 0 Å². The number of hydrogen-bond donors (Lipinski definition) is 0. The lowest BCUT2D eigenvalue weighted by Crippen LogP contribution is -2.22. The van der Waals surface area contributed by atoms with Gasteiger partial charge in [-0.05, 0) is 29.2 Å². The molecule has 126 valence electrons. The van der Waals surface area contributed by atoms with E-state index < -0.39 is 0 Å². The predicted molar refractivity (Wildman–Crippen MR) is 107 cm³/mol. The van der Waals surface area contributed by atoms with Crippen LogP contribution in [-0.4, -0.2) is 11.4 Å². The molecule has 1 heteroatoms. The van der Waals surface area contributed by atoms with Crippen LogP contribution in [0.15, 0.2) is 91.0 Å². The summed E-state index contributed by atoms with van der Waals surface area (Å²) in [5, 5.41) is 0. The molecule has 0 amide bonds. The third-order valence-electron chi connectivity index (χ3n) is 4.35. The minimum atomic E-state index is 0.929. The molecule has 0 fully saturated rings. The predicted octanol–water partition coefficient (Wildman–Crippen LogP) is 5.71. The summed E-state index contributed by atoms with van der Waals surface area (Å²) < 4.78 is 0. The Kier molecular flexibility index (Phi) is 6.19. The maximum atomic E-state index is 2.47. The smallest absolute Gasteiger partial charge is 0.0240 e. The second-order valence-electron chi connectivity index (χ2n) is 6.40. The van der Waals surface area contributed by atoms with Crippen LogP contribution < -0.4 is 0 Å². The Morgan fingerprint density at radius 1 is 0.680 bits per heavy atom. The Labute approximate surface area is 151 Å². The van der Waals surface area contributed by atoms with Gasteiger partial charge in [0.15, 0.2) is 0 Å². The first-order chi connectivity index (χ1) is 12.3. The Morgan fingerprint density at radius 3 is 1.76 bits per heavy atom. The molecule has 3 rings (SSSR count). The summed E-state index contributed by atoms with van der Waals surface area (Å²) in [7, 11) is 0. The molecule has 3 aromatic rings. The van der Waals surface area contributed by atoms with E-state index in [9.17, 15) is 0 Å². The molecule has 0 saturated carbocycles. The summed E-state index contributed by atoms with van der Waals surface area (Å²) in [6, 6.07) is 29.9. The van der Waals surface area contributed by atoms with Crippen molar-refractivity contribution in [3.8, 4) is 0 Å². The Hall–Kier alpha value is -2.64. The van der Waals surface area contributed by atoms with Crippen molar-refractivity contribution in [2.24, 2.45) is 0 Å². The quantitative estimate of drug-likeness (QED) is 0.537. The van der Waals surface area contributed by atoms with Gasteiger partial charge in [-0.15, -0.1) is 0 Å². The molecule has 25 heavy (non-hydrogen) atoms. The first-order valence-corrected chi connectivity index (χ1v) is 8.83. The third-order valence-corrected chi connectivity index (χ3v) is 4.35. The van der Waals surface area contributed by atoms with Gasteiger partial charge >= 0.3 is 0 Å². The van der Waals surface area contributed by atoms with Crippen LogP contribution in [0.1, 0.15) is 22.3 Å². The van der Waals surface area contributed by atoms with Crippen molar-refractivity contribution in [2.75, 3.05) is 6.54 Å². The van der Waals surface area contributed by atoms with Gasteiger partial charge in [-0.25, -0.2) is 0 Å². The lowest BCUT2D eigenvalue weighted by molar-refractivity contribution is 0.286. The van der Waals surface area contributed by atoms with Crippen LogP contribution in [0.5, 0.6) is 0 Å². The molecule has 0 bridgehead atoms. The van der Waals surface area contributed by atoms with Gasteiger partial charge in [0.1, 0.15) is 0 Å². The molecular weight excluding hydrogens is 302 g/mol. The number of nitrogens with zero attached hydrogens (tertiary/aromatic N) is 1. The van der Waals surface area contributed by atoms with Crippen molar-refractivity contribution in [1.82, 2.24) is 4.90 Å². The molecule has 0 saturated heterocycles. The van der Waals surface area contributed by atoms with Gasteiger partial charge in [0.2, 0.25) is 0 Å². The molecule has 3 aromatic carbocycles. The van der Waals surface area contributed by atoms with Gasteiger partial charge in [0.05, 0.1) is 0 Å². The number of aryl methyl sites for hydroxylation is 1. The van der Waals surface area contributed by atoms with Crippen molar-refractivity contribution in [3.05, 3.63) is 113 Å². The molecule has 0 aliphatic rings. The van der Waals surface area contributed by atoms with Crippen LogP contribution in [0.25, 0.3) is 6.08 Å². The van der Waals surface area contributed by atoms with E-state index in [4.69, 9.17) is 0 Å². The van der Waals surface area contributed by atoms with Crippen molar-refractivity contribution in [2.45, 2.75) is 20.0 Å². The van der Waals surface area contributed by atoms with Crippen molar-refractivity contribution in [3.63, 3.8) is 0 Å². The van der Waals surface area contributed by atoms with Crippen LogP contribution in [-0.2, 0) is 13.1 Å². The zero-order chi connectivity index (χ0) is 17.3. The Balaban J connectivity index is 1.70. The molecule has 0 heterocycles. The largest absolute Gasteiger partial charge is 0.291 e. The SMILES string of the molecule is Cc1ccccc1/C=C\CN(Cc1ccccc1)Cc1ccccc1. The topological polar surface area (TPSA) is 3.24 Å². The Morgan fingerprint density at radius 2 is 1.20 bits per heavy atom. The van der Waals surface area contributed by atoms with E-state index in [1.807, 2.05) is 0 Å². The van der Waals surface area contributed by atoms with Crippen LogP contribution in [0.3, 0.4) is 0 Å². The van der Waals surface area contributed by atoms with E-state index >= 15 is 0 Å². The lowest BCUT2D eigenvalue weighted by Gasteiger charge is -2.21. The average molecular weight is 327 g/mol. The fraction of sp³-hybridized carbons (Fsp3) is 0.167. The highest BCUT2D eigenvalue weighted by Gasteiger charge is 2.05. The van der Waals surface area contributed by atoms with E-state index in [0.29, 0.717) is 0 Å². The number of rotatable bonds is 7. The molecule has 1 nitrogen and oxygen atoms in total. The van der Waals surface area contributed by atoms with Crippen molar-refractivity contribution in [1.29, 1.82) is 0 Å². The van der Waals surface area contributed by atoms with Gasteiger partial charge in [0.25, 0.3) is 0 Å². The van der Waals surface area contributed by atoms with E-state index in [0.717, 1.165) is 19.6 Å². The second kappa shape index (κ2) is 9.00. The molecule has 0 aliphatic carbocycles. The van der Waals surface area contributed by atoms with E-state index in [2.05, 4.69) is 109 Å². The van der Waals surface area contributed by atoms with Crippen LogP contribution in [0.4, 0.5) is 0 Å². The molecule has 0 radical (unpaired) electrons. The number of hydrogen-bond acceptors (Lipinski definition) is 1. The van der Waals surface area contributed by atoms with Crippen molar-refractivity contribution < 1.29 is 0 Å². The first kappa shape index (κ1) is 17.2. The molecule has 0 aliphatic heterocycles. The van der Waals surface area contributed by atoms with Gasteiger partial charge in [0, 0.05) is 19.6 Å². The third kappa shape index (κ3) is 5.44. The zero-order valence-electron chi connectivity index (χ0n) is 14.8. The summed E-state index contributed by atoms with van der Waals surface area (Å²) in [5.41, 5.74) is 5.31. The summed E-state index contributed by atoms with van der Waals surface area (Å²) in [5.74, 6) is 0. The highest BCUT2D eigenvalue weighted by Crippen LogP contribution is 2.12. The zero-order valence-corrected chi connectivity index (χ0v) is 14.8. The highest BCUT2D eigenvalue weighted by atomic mass is 15.1. The molecule has 0 aromatic heterocycles. The molecule has 0 unspecified atom stereocenters. The second-order valence-corrected chi connectivity index (χ2v) is 6.40. The summed E-state index contributed by atoms with van der Waals surface area (Å²) in [6.07, 6.45) is 4.51. The van der Waals surface area contributed by atoms with Crippen molar-refractivity contribution >= 4 is 6.08 Å². The standard InChI is InChI=1S/C24H25N/c1-21-11-8-9-16-24(21)17-10-18-25(19-22-12-4-2-5-13-22)20-23-14-6-3-7-15-23/h2-17H,18-20H2,1H3/b17-10-. The monoisotopic (exact) mass is 327 g/mol. The van der Waals surface area contributed by atoms with E-state index in [1.165, 1.54) is 22.3 Å². The summed E-state index contributed by atoms with van der Waals surface area (Å²) >= 11 is 0. The highest BCUT2D eigenvalue weighted by molar-refractivity contribution is 5.53. The average Bonchev–Trinajstić information content (AvgIpc) is 2.65. The van der Waals surface area contributed by atoms with Gasteiger partial charge in [-0.3, -0.25) is 4.90 Å². The first-order valence-electron chi connectivity index (χ1n) is 8.83. The molecule has 0 atom stereocenters. The normalized spacial score (nSPS) is 11.3. The van der Waals surface area contributed by atoms with E-state index in [-0.39, 0.29) is 0 Å². The van der Waals surface area contributed by atoms with E-state index in [1.54, 1.807) is 0 Å². The van der Waals surface area contributed by atoms with Gasteiger partial charge < -0.3 is 0 Å². The summed E-state index contributed by atoms with van der Waals surface area (Å²) in [6.45, 7) is 4.99. The van der Waals surface area contributed by atoms with Crippen LogP contribution in [0.2, 0.25) is 0 Å². The lowest BCUT2D eigenvalue weighted by atomic mass is 10.1. The fourth-order valence-corrected chi connectivity index (χ4v) is 2.97. The molecular formula is C24H25N. The maximum Gasteiger partial charge on any atom is 0.0240 e. The molecule has 0 spiro atoms. The van der Waals surface area contributed by atoms with Crippen LogP contribution >= 0.6 is 0 Å².